The van der Waals surface area contributed by atoms with Crippen molar-refractivity contribution in [2.75, 3.05) is 0 Å². The highest BCUT2D eigenvalue weighted by Crippen LogP contribution is 2.22. The summed E-state index contributed by atoms with van der Waals surface area (Å²) in [5.74, 6) is 0.524. The van der Waals surface area contributed by atoms with Crippen LogP contribution in [0, 0.1) is 23.0 Å². The topological polar surface area (TPSA) is 43.1 Å². The van der Waals surface area contributed by atoms with E-state index in [1.165, 1.54) is 0 Å². The maximum absolute atomic E-state index is 10.7. The number of nitrogens with zero attached hydrogens (tertiary/aromatic N) is 1. The van der Waals surface area contributed by atoms with Gasteiger partial charge in [0.1, 0.15) is 0 Å². The first-order valence-corrected chi connectivity index (χ1v) is 4.75. The summed E-state index contributed by atoms with van der Waals surface area (Å²) in [6.45, 7) is 6.03. The number of benzene rings is 1. The van der Waals surface area contributed by atoms with Crippen LogP contribution in [-0.2, 0) is 6.42 Å². The molecular weight excluding hydrogens is 178 g/mol. The molecule has 0 heterocycles. The SMILES string of the molecule is Cc1c(CC(C)C)cccc1[N+](=O)[O-]. The molecule has 0 saturated carbocycles. The van der Waals surface area contributed by atoms with Gasteiger partial charge >= 0.3 is 0 Å². The lowest BCUT2D eigenvalue weighted by Gasteiger charge is -2.08. The number of rotatable bonds is 3. The van der Waals surface area contributed by atoms with E-state index in [2.05, 4.69) is 13.8 Å². The molecule has 14 heavy (non-hydrogen) atoms. The van der Waals surface area contributed by atoms with Crippen molar-refractivity contribution in [3.8, 4) is 0 Å². The van der Waals surface area contributed by atoms with Crippen molar-refractivity contribution in [3.63, 3.8) is 0 Å². The van der Waals surface area contributed by atoms with E-state index in [0.29, 0.717) is 5.92 Å². The molecule has 1 rings (SSSR count). The van der Waals surface area contributed by atoms with Crippen LogP contribution in [-0.4, -0.2) is 4.92 Å². The molecule has 3 nitrogen and oxygen atoms in total. The third kappa shape index (κ3) is 2.31. The quantitative estimate of drug-likeness (QED) is 0.546. The van der Waals surface area contributed by atoms with Gasteiger partial charge in [-0.1, -0.05) is 26.0 Å². The minimum absolute atomic E-state index is 0.225. The predicted molar refractivity (Wildman–Crippen MR) is 56.4 cm³/mol. The molecule has 1 aromatic rings. The van der Waals surface area contributed by atoms with Gasteiger partial charge in [-0.15, -0.1) is 0 Å². The van der Waals surface area contributed by atoms with Gasteiger partial charge in [0.2, 0.25) is 0 Å². The highest BCUT2D eigenvalue weighted by molar-refractivity contribution is 5.44. The zero-order valence-electron chi connectivity index (χ0n) is 8.78. The largest absolute Gasteiger partial charge is 0.272 e. The first kappa shape index (κ1) is 10.7. The number of hydrogen-bond donors (Lipinski definition) is 0. The van der Waals surface area contributed by atoms with Gasteiger partial charge in [-0.25, -0.2) is 0 Å². The maximum Gasteiger partial charge on any atom is 0.272 e. The van der Waals surface area contributed by atoms with Gasteiger partial charge in [0, 0.05) is 11.6 Å². The molecule has 0 aliphatic heterocycles. The van der Waals surface area contributed by atoms with E-state index < -0.39 is 0 Å². The molecule has 0 aromatic heterocycles. The Morgan fingerprint density at radius 3 is 2.57 bits per heavy atom. The molecule has 3 heteroatoms. The highest BCUT2D eigenvalue weighted by atomic mass is 16.6. The van der Waals surface area contributed by atoms with Crippen LogP contribution in [0.2, 0.25) is 0 Å². The summed E-state index contributed by atoms with van der Waals surface area (Å²) in [4.78, 5) is 10.3. The van der Waals surface area contributed by atoms with Crippen molar-refractivity contribution in [1.82, 2.24) is 0 Å². The summed E-state index contributed by atoms with van der Waals surface area (Å²) in [5, 5.41) is 10.7. The Bertz CT molecular complexity index is 345. The summed E-state index contributed by atoms with van der Waals surface area (Å²) in [6, 6.07) is 5.27. The summed E-state index contributed by atoms with van der Waals surface area (Å²) in [5.41, 5.74) is 2.10. The van der Waals surface area contributed by atoms with Crippen molar-refractivity contribution < 1.29 is 4.92 Å². The van der Waals surface area contributed by atoms with Gasteiger partial charge in [0.05, 0.1) is 4.92 Å². The second kappa shape index (κ2) is 4.22. The molecule has 0 aliphatic rings. The smallest absolute Gasteiger partial charge is 0.258 e. The normalized spacial score (nSPS) is 10.6. The molecule has 0 atom stereocenters. The number of hydrogen-bond acceptors (Lipinski definition) is 2. The van der Waals surface area contributed by atoms with Crippen LogP contribution in [0.4, 0.5) is 5.69 Å². The zero-order chi connectivity index (χ0) is 10.7. The van der Waals surface area contributed by atoms with Crippen LogP contribution in [0.3, 0.4) is 0 Å². The Kier molecular flexibility index (Phi) is 3.23. The van der Waals surface area contributed by atoms with Gasteiger partial charge in [0.25, 0.3) is 5.69 Å². The summed E-state index contributed by atoms with van der Waals surface area (Å²) < 4.78 is 0. The van der Waals surface area contributed by atoms with Crippen LogP contribution in [0.5, 0.6) is 0 Å². The molecule has 0 saturated heterocycles. The average Bonchev–Trinajstić information content (AvgIpc) is 2.07. The van der Waals surface area contributed by atoms with Crippen LogP contribution < -0.4 is 0 Å². The van der Waals surface area contributed by atoms with Gasteiger partial charge in [0.15, 0.2) is 0 Å². The van der Waals surface area contributed by atoms with Crippen LogP contribution in [0.1, 0.15) is 25.0 Å². The lowest BCUT2D eigenvalue weighted by atomic mass is 9.98. The molecule has 1 aromatic carbocycles. The molecule has 0 amide bonds. The monoisotopic (exact) mass is 193 g/mol. The third-order valence-corrected chi connectivity index (χ3v) is 2.24. The van der Waals surface area contributed by atoms with Crippen molar-refractivity contribution >= 4 is 5.69 Å². The summed E-state index contributed by atoms with van der Waals surface area (Å²) in [6.07, 6.45) is 0.896. The van der Waals surface area contributed by atoms with Gasteiger partial charge in [-0.05, 0) is 24.8 Å². The van der Waals surface area contributed by atoms with Gasteiger partial charge in [-0.2, -0.15) is 0 Å². The molecule has 76 valence electrons. The van der Waals surface area contributed by atoms with Crippen molar-refractivity contribution in [1.29, 1.82) is 0 Å². The average molecular weight is 193 g/mol. The molecule has 0 unspecified atom stereocenters. The molecule has 0 spiro atoms. The van der Waals surface area contributed by atoms with Crippen LogP contribution >= 0.6 is 0 Å². The minimum Gasteiger partial charge on any atom is -0.258 e. The van der Waals surface area contributed by atoms with E-state index in [4.69, 9.17) is 0 Å². The summed E-state index contributed by atoms with van der Waals surface area (Å²) in [7, 11) is 0. The highest BCUT2D eigenvalue weighted by Gasteiger charge is 2.13. The Morgan fingerprint density at radius 1 is 1.43 bits per heavy atom. The van der Waals surface area contributed by atoms with Gasteiger partial charge < -0.3 is 0 Å². The number of nitro benzene ring substituents is 1. The first-order valence-electron chi connectivity index (χ1n) is 4.75. The fourth-order valence-corrected chi connectivity index (χ4v) is 1.53. The fourth-order valence-electron chi connectivity index (χ4n) is 1.53. The van der Waals surface area contributed by atoms with E-state index in [0.717, 1.165) is 17.5 Å². The van der Waals surface area contributed by atoms with E-state index in [1.54, 1.807) is 12.1 Å². The minimum atomic E-state index is -0.320. The van der Waals surface area contributed by atoms with Crippen molar-refractivity contribution in [3.05, 3.63) is 39.4 Å². The lowest BCUT2D eigenvalue weighted by molar-refractivity contribution is -0.385. The fraction of sp³-hybridized carbons (Fsp3) is 0.455. The van der Waals surface area contributed by atoms with E-state index in [1.807, 2.05) is 13.0 Å². The second-order valence-corrected chi connectivity index (χ2v) is 3.92. The Labute approximate surface area is 83.9 Å². The van der Waals surface area contributed by atoms with Gasteiger partial charge in [-0.3, -0.25) is 10.1 Å². The van der Waals surface area contributed by atoms with Crippen LogP contribution in [0.15, 0.2) is 18.2 Å². The lowest BCUT2D eigenvalue weighted by Crippen LogP contribution is -2.00. The molecule has 0 aliphatic carbocycles. The molecule has 0 bridgehead atoms. The first-order chi connectivity index (χ1) is 6.52. The third-order valence-electron chi connectivity index (χ3n) is 2.24. The Morgan fingerprint density at radius 2 is 2.07 bits per heavy atom. The number of nitro groups is 1. The van der Waals surface area contributed by atoms with Crippen molar-refractivity contribution in [2.24, 2.45) is 5.92 Å². The molecular formula is C11H15NO2. The van der Waals surface area contributed by atoms with E-state index in [-0.39, 0.29) is 10.6 Å². The van der Waals surface area contributed by atoms with E-state index in [9.17, 15) is 10.1 Å². The van der Waals surface area contributed by atoms with Crippen LogP contribution in [0.25, 0.3) is 0 Å². The Balaban J connectivity index is 3.07. The summed E-state index contributed by atoms with van der Waals surface area (Å²) >= 11 is 0. The zero-order valence-corrected chi connectivity index (χ0v) is 8.78. The molecule has 0 fully saturated rings. The second-order valence-electron chi connectivity index (χ2n) is 3.92. The molecule has 0 N–H and O–H groups in total. The predicted octanol–water partition coefficient (Wildman–Crippen LogP) is 3.10. The maximum atomic E-state index is 10.7. The van der Waals surface area contributed by atoms with E-state index >= 15 is 0 Å². The van der Waals surface area contributed by atoms with Crippen molar-refractivity contribution in [2.45, 2.75) is 27.2 Å². The standard InChI is InChI=1S/C11H15NO2/c1-8(2)7-10-5-4-6-11(9(10)3)12(13)14/h4-6,8H,7H2,1-3H3. The molecule has 0 radical (unpaired) electrons. The Hall–Kier alpha value is -1.38.